The predicted molar refractivity (Wildman–Crippen MR) is 125 cm³/mol. The van der Waals surface area contributed by atoms with Crippen LogP contribution in [0, 0.1) is 0 Å². The maximum absolute atomic E-state index is 13.9. The Hall–Kier alpha value is -3.71. The van der Waals surface area contributed by atoms with Gasteiger partial charge >= 0.3 is 12.1 Å². The maximum atomic E-state index is 13.9. The number of methoxy groups -OCH3 is 1. The van der Waals surface area contributed by atoms with Crippen LogP contribution in [0.5, 0.6) is 5.75 Å². The van der Waals surface area contributed by atoms with Crippen LogP contribution >= 0.6 is 22.9 Å². The summed E-state index contributed by atoms with van der Waals surface area (Å²) in [5, 5.41) is 7.51. The fraction of sp³-hybridized carbons (Fsp3) is 0.227. The van der Waals surface area contributed by atoms with E-state index in [4.69, 9.17) is 21.1 Å². The quantitative estimate of drug-likeness (QED) is 0.333. The van der Waals surface area contributed by atoms with E-state index >= 15 is 0 Å². The van der Waals surface area contributed by atoms with Crippen molar-refractivity contribution in [3.05, 3.63) is 57.8 Å². The summed E-state index contributed by atoms with van der Waals surface area (Å²) < 4.78 is 52.2. The number of benzene rings is 1. The molecule has 0 saturated carbocycles. The first kappa shape index (κ1) is 25.4. The third-order valence-corrected chi connectivity index (χ3v) is 5.96. The molecule has 36 heavy (non-hydrogen) atoms. The highest BCUT2D eigenvalue weighted by atomic mass is 35.5. The average molecular weight is 540 g/mol. The minimum Gasteiger partial charge on any atom is -0.497 e. The number of alkyl halides is 3. The molecule has 4 aromatic rings. The first-order chi connectivity index (χ1) is 17.1. The Labute approximate surface area is 210 Å². The summed E-state index contributed by atoms with van der Waals surface area (Å²) in [6, 6.07) is 7.14. The number of amides is 1. The van der Waals surface area contributed by atoms with Gasteiger partial charge in [0.05, 0.1) is 31.5 Å². The molecule has 1 N–H and O–H groups in total. The lowest BCUT2D eigenvalue weighted by Crippen LogP contribution is -2.16. The van der Waals surface area contributed by atoms with E-state index in [9.17, 15) is 22.8 Å². The van der Waals surface area contributed by atoms with E-state index in [0.29, 0.717) is 21.5 Å². The van der Waals surface area contributed by atoms with Crippen molar-refractivity contribution >= 4 is 45.6 Å². The third-order valence-electron chi connectivity index (χ3n) is 4.81. The zero-order valence-corrected chi connectivity index (χ0v) is 20.3. The molecule has 0 saturated heterocycles. The van der Waals surface area contributed by atoms with Crippen LogP contribution in [0.1, 0.15) is 28.8 Å². The summed E-state index contributed by atoms with van der Waals surface area (Å²) in [7, 11) is 1.43. The molecular weight excluding hydrogens is 523 g/mol. The van der Waals surface area contributed by atoms with Crippen molar-refractivity contribution in [1.29, 1.82) is 0 Å². The molecule has 0 unspecified atom stereocenters. The minimum absolute atomic E-state index is 0.0361. The van der Waals surface area contributed by atoms with E-state index in [0.717, 1.165) is 17.4 Å². The number of rotatable bonds is 7. The van der Waals surface area contributed by atoms with E-state index in [1.165, 1.54) is 13.2 Å². The van der Waals surface area contributed by atoms with Gasteiger partial charge in [-0.05, 0) is 25.1 Å². The highest BCUT2D eigenvalue weighted by Crippen LogP contribution is 2.35. The normalized spacial score (nSPS) is 11.5. The number of aromatic nitrogens is 4. The maximum Gasteiger partial charge on any atom is 0.433 e. The molecule has 1 aromatic carbocycles. The summed E-state index contributed by atoms with van der Waals surface area (Å²) in [5.74, 6) is -0.951. The molecule has 188 valence electrons. The number of thiazole rings is 1. The standard InChI is InChI=1S/C22H17ClF3N5O4S/c1-3-35-16(32)8-12-10-36-21(27-12)29-20(33)18-17(23)19-28-14(11-5-4-6-13(7-11)34-2)9-15(22(24,25)26)31(19)30-18/h4-7,9-10H,3,8H2,1-2H3,(H,27,29,33). The molecule has 0 aliphatic heterocycles. The van der Waals surface area contributed by atoms with Crippen LogP contribution < -0.4 is 10.1 Å². The topological polar surface area (TPSA) is 108 Å². The van der Waals surface area contributed by atoms with E-state index in [1.807, 2.05) is 0 Å². The van der Waals surface area contributed by atoms with Crippen LogP contribution in [-0.4, -0.2) is 45.2 Å². The molecule has 0 spiro atoms. The fourth-order valence-corrected chi connectivity index (χ4v) is 4.18. The van der Waals surface area contributed by atoms with Crippen molar-refractivity contribution in [2.75, 3.05) is 19.0 Å². The highest BCUT2D eigenvalue weighted by Gasteiger charge is 2.37. The lowest BCUT2D eigenvalue weighted by molar-refractivity contribution is -0.143. The Morgan fingerprint density at radius 2 is 2.00 bits per heavy atom. The van der Waals surface area contributed by atoms with Crippen LogP contribution in [0.2, 0.25) is 5.02 Å². The Balaban J connectivity index is 1.70. The first-order valence-corrected chi connectivity index (χ1v) is 11.6. The second-order valence-corrected chi connectivity index (χ2v) is 8.47. The van der Waals surface area contributed by atoms with Gasteiger partial charge in [-0.1, -0.05) is 23.7 Å². The van der Waals surface area contributed by atoms with Crippen molar-refractivity contribution in [2.45, 2.75) is 19.5 Å². The van der Waals surface area contributed by atoms with Gasteiger partial charge in [-0.2, -0.15) is 18.3 Å². The molecule has 1 amide bonds. The van der Waals surface area contributed by atoms with Gasteiger partial charge in [-0.3, -0.25) is 14.9 Å². The molecule has 0 radical (unpaired) electrons. The van der Waals surface area contributed by atoms with Crippen LogP contribution in [0.4, 0.5) is 18.3 Å². The van der Waals surface area contributed by atoms with Crippen LogP contribution in [0.3, 0.4) is 0 Å². The number of halogens is 4. The first-order valence-electron chi connectivity index (χ1n) is 10.3. The lowest BCUT2D eigenvalue weighted by Gasteiger charge is -2.11. The number of esters is 1. The fourth-order valence-electron chi connectivity index (χ4n) is 3.23. The molecule has 0 aliphatic carbocycles. The summed E-state index contributed by atoms with van der Waals surface area (Å²) in [4.78, 5) is 32.8. The molecule has 0 bridgehead atoms. The average Bonchev–Trinajstić information content (AvgIpc) is 3.41. The van der Waals surface area contributed by atoms with Gasteiger partial charge in [0.25, 0.3) is 5.91 Å². The Morgan fingerprint density at radius 1 is 1.22 bits per heavy atom. The van der Waals surface area contributed by atoms with Gasteiger partial charge in [0.15, 0.2) is 22.2 Å². The summed E-state index contributed by atoms with van der Waals surface area (Å²) >= 11 is 7.31. The summed E-state index contributed by atoms with van der Waals surface area (Å²) in [5.41, 5.74) is -1.32. The number of nitrogens with one attached hydrogen (secondary N) is 1. The van der Waals surface area contributed by atoms with Gasteiger partial charge in [0, 0.05) is 10.9 Å². The number of fused-ring (bicyclic) bond motifs is 1. The van der Waals surface area contributed by atoms with Gasteiger partial charge < -0.3 is 9.47 Å². The van der Waals surface area contributed by atoms with Crippen molar-refractivity contribution < 1.29 is 32.2 Å². The van der Waals surface area contributed by atoms with Crippen molar-refractivity contribution in [1.82, 2.24) is 19.6 Å². The smallest absolute Gasteiger partial charge is 0.433 e. The molecule has 0 fully saturated rings. The monoisotopic (exact) mass is 539 g/mol. The lowest BCUT2D eigenvalue weighted by atomic mass is 10.1. The van der Waals surface area contributed by atoms with Crippen LogP contribution in [-0.2, 0) is 22.1 Å². The van der Waals surface area contributed by atoms with E-state index < -0.39 is 29.4 Å². The zero-order valence-electron chi connectivity index (χ0n) is 18.7. The minimum atomic E-state index is -4.82. The van der Waals surface area contributed by atoms with E-state index in [-0.39, 0.29) is 34.5 Å². The number of carbonyl (C=O) groups excluding carboxylic acids is 2. The Bertz CT molecular complexity index is 1450. The zero-order chi connectivity index (χ0) is 26.0. The van der Waals surface area contributed by atoms with Gasteiger partial charge in [-0.25, -0.2) is 14.5 Å². The molecule has 0 aliphatic rings. The molecule has 3 aromatic heterocycles. The second kappa shape index (κ2) is 10.1. The van der Waals surface area contributed by atoms with Crippen LogP contribution in [0.15, 0.2) is 35.7 Å². The van der Waals surface area contributed by atoms with Crippen molar-refractivity contribution in [3.8, 4) is 17.0 Å². The Morgan fingerprint density at radius 3 is 2.69 bits per heavy atom. The second-order valence-electron chi connectivity index (χ2n) is 7.23. The largest absolute Gasteiger partial charge is 0.497 e. The highest BCUT2D eigenvalue weighted by molar-refractivity contribution is 7.14. The number of carbonyl (C=O) groups is 2. The number of nitrogens with zero attached hydrogens (tertiary/aromatic N) is 4. The molecule has 9 nitrogen and oxygen atoms in total. The molecule has 0 atom stereocenters. The molecular formula is C22H17ClF3N5O4S. The SMILES string of the molecule is CCOC(=O)Cc1csc(NC(=O)c2nn3c(C(F)(F)F)cc(-c4cccc(OC)c4)nc3c2Cl)n1. The van der Waals surface area contributed by atoms with Crippen molar-refractivity contribution in [2.24, 2.45) is 0 Å². The number of hydrogen-bond acceptors (Lipinski definition) is 8. The molecule has 4 rings (SSSR count). The third kappa shape index (κ3) is 5.26. The van der Waals surface area contributed by atoms with Gasteiger partial charge in [0.2, 0.25) is 0 Å². The number of anilines is 1. The van der Waals surface area contributed by atoms with Gasteiger partial charge in [-0.15, -0.1) is 11.3 Å². The number of hydrogen-bond donors (Lipinski definition) is 1. The molecule has 3 heterocycles. The van der Waals surface area contributed by atoms with Crippen molar-refractivity contribution in [3.63, 3.8) is 0 Å². The van der Waals surface area contributed by atoms with Crippen LogP contribution in [0.25, 0.3) is 16.9 Å². The predicted octanol–water partition coefficient (Wildman–Crippen LogP) is 4.89. The van der Waals surface area contributed by atoms with E-state index in [1.54, 1.807) is 30.5 Å². The molecule has 14 heteroatoms. The van der Waals surface area contributed by atoms with Gasteiger partial charge in [0.1, 0.15) is 10.8 Å². The van der Waals surface area contributed by atoms with E-state index in [2.05, 4.69) is 20.4 Å². The summed E-state index contributed by atoms with van der Waals surface area (Å²) in [6.45, 7) is 1.88. The Kier molecular flexibility index (Phi) is 7.13. The summed E-state index contributed by atoms with van der Waals surface area (Å²) in [6.07, 6.45) is -4.92. The number of ether oxygens (including phenoxy) is 2.